The van der Waals surface area contributed by atoms with E-state index in [-0.39, 0.29) is 6.10 Å². The first-order valence-electron chi connectivity index (χ1n) is 18.8. The van der Waals surface area contributed by atoms with Crippen molar-refractivity contribution in [1.82, 2.24) is 5.32 Å². The summed E-state index contributed by atoms with van der Waals surface area (Å²) in [5, 5.41) is 12.4. The standard InChI is InChI=1S/C10H23NO.C9H10I2.C6H15N.C4H11N.C4H10.C3H8.C2H6.C2H4/c1-2-3-4-5-6-7-10(12)8-9-11;1-3-7-4-8(10)6(2)9(11)5-7;1-3-4-5-6-7-2;1-2-3-4-5;1-3-4-2;1-3-2;2*1-2/h10,12H,2-9,11H2,1H3;4-5H,3H2,1-2H3;7H,3-6H2,1-2H3;2-5H2,1H3;3-4H2,1-2H3;3H2,1-2H3;1-2H3;1-2H2/t10-;;;;;;;/m1......./s1. The van der Waals surface area contributed by atoms with Gasteiger partial charge in [-0.1, -0.05) is 140 Å². The van der Waals surface area contributed by atoms with Crippen LogP contribution in [0.3, 0.4) is 0 Å². The topological polar surface area (TPSA) is 84.3 Å². The molecule has 46 heavy (non-hydrogen) atoms. The third-order valence-electron chi connectivity index (χ3n) is 5.98. The summed E-state index contributed by atoms with van der Waals surface area (Å²) in [6.45, 7) is 32.2. The molecule has 0 saturated heterocycles. The van der Waals surface area contributed by atoms with Crippen LogP contribution in [0.15, 0.2) is 25.3 Å². The van der Waals surface area contributed by atoms with E-state index in [2.05, 4.69) is 138 Å². The third-order valence-corrected chi connectivity index (χ3v) is 8.22. The lowest BCUT2D eigenvalue weighted by molar-refractivity contribution is 0.153. The van der Waals surface area contributed by atoms with Crippen LogP contribution in [0.25, 0.3) is 0 Å². The fraction of sp³-hybridized carbons (Fsp3) is 0.800. The first kappa shape index (κ1) is 61.5. The number of aryl methyl sites for hydroxylation is 1. The molecule has 0 aliphatic carbocycles. The van der Waals surface area contributed by atoms with Gasteiger partial charge in [0.2, 0.25) is 0 Å². The van der Waals surface area contributed by atoms with Crippen molar-refractivity contribution in [2.24, 2.45) is 11.5 Å². The van der Waals surface area contributed by atoms with Gasteiger partial charge in [0.25, 0.3) is 0 Å². The van der Waals surface area contributed by atoms with E-state index in [9.17, 15) is 5.11 Å². The maximum absolute atomic E-state index is 9.33. The molecular formula is C40H87I2N3O. The summed E-state index contributed by atoms with van der Waals surface area (Å²) in [6, 6.07) is 4.52. The number of hydrogen-bond acceptors (Lipinski definition) is 4. The molecular weight excluding hydrogens is 792 g/mol. The molecule has 1 rings (SSSR count). The van der Waals surface area contributed by atoms with Crippen molar-refractivity contribution in [3.8, 4) is 0 Å². The van der Waals surface area contributed by atoms with Crippen molar-refractivity contribution in [2.45, 2.75) is 185 Å². The Balaban J connectivity index is -0.0000000821. The number of hydrogen-bond donors (Lipinski definition) is 4. The van der Waals surface area contributed by atoms with Gasteiger partial charge < -0.3 is 21.9 Å². The first-order chi connectivity index (χ1) is 22.1. The second kappa shape index (κ2) is 63.9. The van der Waals surface area contributed by atoms with Crippen LogP contribution in [0.5, 0.6) is 0 Å². The van der Waals surface area contributed by atoms with Crippen LogP contribution in [0.1, 0.15) is 177 Å². The minimum Gasteiger partial charge on any atom is -0.393 e. The van der Waals surface area contributed by atoms with E-state index >= 15 is 0 Å². The van der Waals surface area contributed by atoms with Gasteiger partial charge in [-0.3, -0.25) is 0 Å². The van der Waals surface area contributed by atoms with Gasteiger partial charge in [0.1, 0.15) is 0 Å². The number of unbranched alkanes of at least 4 members (excludes halogenated alkanes) is 8. The molecule has 1 aromatic rings. The highest BCUT2D eigenvalue weighted by molar-refractivity contribution is 14.1. The van der Waals surface area contributed by atoms with Gasteiger partial charge in [-0.2, -0.15) is 0 Å². The molecule has 0 spiro atoms. The van der Waals surface area contributed by atoms with Gasteiger partial charge >= 0.3 is 0 Å². The van der Waals surface area contributed by atoms with E-state index in [1.165, 1.54) is 102 Å². The SMILES string of the molecule is C=C.CC.CCC.CCCC.CCCCCCC[C@@H](O)CCN.CCCCCNC.CCCCN.CCc1cc(I)c(C)c(I)c1. The van der Waals surface area contributed by atoms with Gasteiger partial charge in [-0.25, -0.2) is 0 Å². The molecule has 282 valence electrons. The van der Waals surface area contributed by atoms with E-state index < -0.39 is 0 Å². The molecule has 6 N–H and O–H groups in total. The molecule has 0 radical (unpaired) electrons. The highest BCUT2D eigenvalue weighted by Gasteiger charge is 2.01. The Morgan fingerprint density at radius 1 is 0.674 bits per heavy atom. The van der Waals surface area contributed by atoms with Crippen LogP contribution in [0.4, 0.5) is 0 Å². The minimum atomic E-state index is -0.156. The summed E-state index contributed by atoms with van der Waals surface area (Å²) in [4.78, 5) is 0. The van der Waals surface area contributed by atoms with Gasteiger partial charge in [-0.15, -0.1) is 13.2 Å². The predicted molar refractivity (Wildman–Crippen MR) is 236 cm³/mol. The first-order valence-corrected chi connectivity index (χ1v) is 20.9. The van der Waals surface area contributed by atoms with Crippen LogP contribution in [0.2, 0.25) is 0 Å². The number of rotatable bonds is 16. The monoisotopic (exact) mass is 879 g/mol. The van der Waals surface area contributed by atoms with Crippen molar-refractivity contribution in [2.75, 3.05) is 26.7 Å². The van der Waals surface area contributed by atoms with E-state index in [4.69, 9.17) is 11.5 Å². The van der Waals surface area contributed by atoms with Crippen LogP contribution in [0, 0.1) is 14.1 Å². The van der Waals surface area contributed by atoms with Crippen molar-refractivity contribution in [3.05, 3.63) is 43.6 Å². The minimum absolute atomic E-state index is 0.156. The molecule has 1 aromatic carbocycles. The number of nitrogens with one attached hydrogen (secondary N) is 1. The fourth-order valence-electron chi connectivity index (χ4n) is 2.98. The molecule has 4 nitrogen and oxygen atoms in total. The molecule has 0 bridgehead atoms. The number of nitrogens with two attached hydrogens (primary N) is 2. The van der Waals surface area contributed by atoms with Gasteiger partial charge in [0.05, 0.1) is 6.10 Å². The Labute approximate surface area is 320 Å². The Morgan fingerprint density at radius 2 is 1.09 bits per heavy atom. The second-order valence-corrected chi connectivity index (χ2v) is 13.0. The summed E-state index contributed by atoms with van der Waals surface area (Å²) >= 11 is 4.79. The predicted octanol–water partition coefficient (Wildman–Crippen LogP) is 13.0. The average Bonchev–Trinajstić information content (AvgIpc) is 3.07. The number of halogens is 2. The van der Waals surface area contributed by atoms with Crippen LogP contribution < -0.4 is 16.8 Å². The van der Waals surface area contributed by atoms with E-state index in [1.54, 1.807) is 0 Å². The quantitative estimate of drug-likeness (QED) is 0.0757. The maximum Gasteiger partial charge on any atom is 0.0552 e. The number of aliphatic hydroxyl groups is 1. The van der Waals surface area contributed by atoms with Crippen LogP contribution in [-0.4, -0.2) is 37.9 Å². The third kappa shape index (κ3) is 66.6. The van der Waals surface area contributed by atoms with Crippen molar-refractivity contribution in [3.63, 3.8) is 0 Å². The molecule has 0 aliphatic rings. The molecule has 0 aromatic heterocycles. The molecule has 1 atom stereocenters. The Kier molecular flexibility index (Phi) is 85.4. The Bertz CT molecular complexity index is 573. The molecule has 0 unspecified atom stereocenters. The van der Waals surface area contributed by atoms with E-state index in [0.29, 0.717) is 6.54 Å². The number of aliphatic hydroxyl groups excluding tert-OH is 1. The molecule has 0 saturated carbocycles. The number of benzene rings is 1. The van der Waals surface area contributed by atoms with Crippen molar-refractivity contribution in [1.29, 1.82) is 0 Å². The highest BCUT2D eigenvalue weighted by atomic mass is 127. The lowest BCUT2D eigenvalue weighted by Crippen LogP contribution is -2.12. The summed E-state index contributed by atoms with van der Waals surface area (Å²) in [5.74, 6) is 0. The van der Waals surface area contributed by atoms with Gasteiger partial charge in [0, 0.05) is 7.14 Å². The average molecular weight is 880 g/mol. The zero-order valence-corrected chi connectivity index (χ0v) is 37.8. The maximum atomic E-state index is 9.33. The summed E-state index contributed by atoms with van der Waals surface area (Å²) in [7, 11) is 2.00. The normalized spacial score (nSPS) is 9.50. The molecule has 0 heterocycles. The molecule has 0 amide bonds. The van der Waals surface area contributed by atoms with E-state index in [1.807, 2.05) is 20.9 Å². The fourth-order valence-corrected chi connectivity index (χ4v) is 4.88. The molecule has 0 aliphatic heterocycles. The lowest BCUT2D eigenvalue weighted by atomic mass is 10.1. The largest absolute Gasteiger partial charge is 0.393 e. The summed E-state index contributed by atoms with van der Waals surface area (Å²) in [6.07, 6.45) is 19.3. The van der Waals surface area contributed by atoms with Crippen molar-refractivity contribution >= 4 is 45.2 Å². The van der Waals surface area contributed by atoms with Gasteiger partial charge in [-0.05, 0) is 134 Å². The van der Waals surface area contributed by atoms with E-state index in [0.717, 1.165) is 32.2 Å². The van der Waals surface area contributed by atoms with Gasteiger partial charge in [0.15, 0.2) is 0 Å². The zero-order valence-electron chi connectivity index (χ0n) is 33.4. The molecule has 6 heteroatoms. The highest BCUT2D eigenvalue weighted by Crippen LogP contribution is 2.20. The van der Waals surface area contributed by atoms with Crippen LogP contribution in [-0.2, 0) is 6.42 Å². The lowest BCUT2D eigenvalue weighted by Gasteiger charge is -2.07. The van der Waals surface area contributed by atoms with Crippen molar-refractivity contribution < 1.29 is 5.11 Å². The Hall–Kier alpha value is 0.260. The summed E-state index contributed by atoms with van der Waals surface area (Å²) in [5.41, 5.74) is 13.3. The summed E-state index contributed by atoms with van der Waals surface area (Å²) < 4.78 is 2.76. The molecule has 0 fully saturated rings. The van der Waals surface area contributed by atoms with Crippen LogP contribution >= 0.6 is 45.2 Å². The second-order valence-electron chi connectivity index (χ2n) is 10.6. The zero-order chi connectivity index (χ0) is 37.4. The smallest absolute Gasteiger partial charge is 0.0552 e. The Morgan fingerprint density at radius 3 is 1.39 bits per heavy atom.